The molecule has 5 aromatic rings. The molecule has 0 atom stereocenters. The lowest BCUT2D eigenvalue weighted by molar-refractivity contribution is -0.129. The van der Waals surface area contributed by atoms with Crippen molar-refractivity contribution in [3.05, 3.63) is 118 Å². The lowest BCUT2D eigenvalue weighted by atomic mass is 10.0. The minimum absolute atomic E-state index is 0.0218. The molecule has 0 saturated carbocycles. The Morgan fingerprint density at radius 1 is 1.02 bits per heavy atom. The molecule has 0 radical (unpaired) electrons. The molecule has 1 aliphatic heterocycles. The molecule has 10 nitrogen and oxygen atoms in total. The van der Waals surface area contributed by atoms with Crippen molar-refractivity contribution < 1.29 is 19.2 Å². The summed E-state index contributed by atoms with van der Waals surface area (Å²) in [6.07, 6.45) is 3.99. The minimum Gasteiger partial charge on any atom is -0.361 e. The molecule has 3 heterocycles. The van der Waals surface area contributed by atoms with Gasteiger partial charge in [-0.05, 0) is 54.5 Å². The van der Waals surface area contributed by atoms with E-state index < -0.39 is 11.8 Å². The van der Waals surface area contributed by atoms with Crippen LogP contribution in [-0.2, 0) is 27.3 Å². The zero-order valence-corrected chi connectivity index (χ0v) is 27.5. The molecule has 12 heteroatoms. The van der Waals surface area contributed by atoms with E-state index in [1.54, 1.807) is 59.6 Å². The van der Waals surface area contributed by atoms with E-state index in [4.69, 9.17) is 0 Å². The Bertz CT molecular complexity index is 2110. The van der Waals surface area contributed by atoms with Crippen LogP contribution in [0.2, 0.25) is 0 Å². The van der Waals surface area contributed by atoms with Gasteiger partial charge in [0.15, 0.2) is 0 Å². The maximum Gasteiger partial charge on any atom is 0.272 e. The van der Waals surface area contributed by atoms with Crippen LogP contribution in [0.4, 0.5) is 10.7 Å². The normalized spacial score (nSPS) is 12.6. The Balaban J connectivity index is 1.14. The van der Waals surface area contributed by atoms with E-state index in [1.165, 1.54) is 30.0 Å². The fourth-order valence-corrected chi connectivity index (χ4v) is 7.35. The summed E-state index contributed by atoms with van der Waals surface area (Å²) in [5.41, 5.74) is 3.94. The number of hydrogen-bond acceptors (Lipinski definition) is 7. The number of thiophene rings is 1. The highest BCUT2D eigenvalue weighted by Gasteiger charge is 2.26. The van der Waals surface area contributed by atoms with Gasteiger partial charge in [0.1, 0.15) is 16.8 Å². The van der Waals surface area contributed by atoms with Crippen molar-refractivity contribution in [3.63, 3.8) is 0 Å². The SMILES string of the molecule is CC(=O)N1CCc2c(sc(NC(=O)CSc3cccc(NC(=O)/C(=C/c4c[nH]c5ccccc45)NC(=O)c4ccccc4)c3)c2C#N)C1. The number of H-pyrrole nitrogens is 1. The molecular formula is C36H30N6O4S2. The number of aromatic amines is 1. The van der Waals surface area contributed by atoms with Crippen molar-refractivity contribution in [2.24, 2.45) is 0 Å². The Morgan fingerprint density at radius 2 is 1.81 bits per heavy atom. The third-order valence-electron chi connectivity index (χ3n) is 7.78. The number of anilines is 2. The van der Waals surface area contributed by atoms with Crippen molar-refractivity contribution in [2.45, 2.75) is 24.8 Å². The van der Waals surface area contributed by atoms with Crippen LogP contribution >= 0.6 is 23.1 Å². The van der Waals surface area contributed by atoms with Gasteiger partial charge in [0, 0.05) is 57.2 Å². The molecule has 240 valence electrons. The summed E-state index contributed by atoms with van der Waals surface area (Å²) in [5.74, 6) is -1.16. The van der Waals surface area contributed by atoms with Gasteiger partial charge in [0.05, 0.1) is 17.9 Å². The van der Waals surface area contributed by atoms with E-state index in [0.29, 0.717) is 41.3 Å². The summed E-state index contributed by atoms with van der Waals surface area (Å²) in [5, 5.41) is 19.7. The van der Waals surface area contributed by atoms with Gasteiger partial charge >= 0.3 is 0 Å². The number of rotatable bonds is 9. The predicted molar refractivity (Wildman–Crippen MR) is 188 cm³/mol. The van der Waals surface area contributed by atoms with Gasteiger partial charge in [-0.25, -0.2) is 0 Å². The van der Waals surface area contributed by atoms with Crippen LogP contribution in [0.25, 0.3) is 17.0 Å². The fraction of sp³-hybridized carbons (Fsp3) is 0.139. The standard InChI is InChI=1S/C36H30N6O4S2/c1-22(43)42-15-14-28-29(18-37)36(48-32(28)20-42)41-33(44)21-47-26-11-7-10-25(17-26)39-35(46)31(40-34(45)23-8-3-2-4-9-23)16-24-19-38-30-13-6-5-12-27(24)30/h2-13,16-17,19,38H,14-15,20-21H2,1H3,(H,39,46)(H,40,45)(H,41,44)/b31-16-. The van der Waals surface area contributed by atoms with Crippen LogP contribution in [0.3, 0.4) is 0 Å². The molecular weight excluding hydrogens is 645 g/mol. The van der Waals surface area contributed by atoms with E-state index >= 15 is 0 Å². The fourth-order valence-electron chi connectivity index (χ4n) is 5.36. The highest BCUT2D eigenvalue weighted by Crippen LogP contribution is 2.37. The van der Waals surface area contributed by atoms with E-state index in [-0.39, 0.29) is 23.3 Å². The maximum atomic E-state index is 13.6. The molecule has 0 fully saturated rings. The van der Waals surface area contributed by atoms with Crippen LogP contribution in [0.1, 0.15) is 38.8 Å². The summed E-state index contributed by atoms with van der Waals surface area (Å²) in [6, 6.07) is 25.6. The molecule has 0 saturated heterocycles. The largest absolute Gasteiger partial charge is 0.361 e. The van der Waals surface area contributed by atoms with E-state index in [1.807, 2.05) is 36.4 Å². The third-order valence-corrected chi connectivity index (χ3v) is 9.90. The second-order valence-corrected chi connectivity index (χ2v) is 13.2. The Kier molecular flexibility index (Phi) is 9.70. The number of nitrogens with zero attached hydrogens (tertiary/aromatic N) is 2. The molecule has 0 spiro atoms. The molecule has 0 bridgehead atoms. The highest BCUT2D eigenvalue weighted by molar-refractivity contribution is 8.00. The minimum atomic E-state index is -0.515. The van der Waals surface area contributed by atoms with E-state index in [2.05, 4.69) is 27.0 Å². The first-order valence-corrected chi connectivity index (χ1v) is 16.9. The molecule has 4 N–H and O–H groups in total. The number of fused-ring (bicyclic) bond motifs is 2. The number of thioether (sulfide) groups is 1. The second-order valence-electron chi connectivity index (χ2n) is 11.0. The van der Waals surface area contributed by atoms with E-state index in [0.717, 1.165) is 31.8 Å². The molecule has 2 aromatic heterocycles. The Labute approximate surface area is 284 Å². The van der Waals surface area contributed by atoms with Gasteiger partial charge in [-0.15, -0.1) is 23.1 Å². The van der Waals surface area contributed by atoms with Gasteiger partial charge < -0.3 is 25.8 Å². The summed E-state index contributed by atoms with van der Waals surface area (Å²) < 4.78 is 0. The van der Waals surface area contributed by atoms with Crippen LogP contribution in [0.15, 0.2) is 95.7 Å². The number of hydrogen-bond donors (Lipinski definition) is 4. The zero-order chi connectivity index (χ0) is 33.6. The number of carbonyl (C=O) groups excluding carboxylic acids is 4. The zero-order valence-electron chi connectivity index (χ0n) is 25.8. The molecule has 4 amide bonds. The average Bonchev–Trinajstić information content (AvgIpc) is 3.67. The van der Waals surface area contributed by atoms with Crippen molar-refractivity contribution >= 4 is 74.4 Å². The lowest BCUT2D eigenvalue weighted by Crippen LogP contribution is -2.33. The number of nitriles is 1. The van der Waals surface area contributed by atoms with Gasteiger partial charge in [-0.2, -0.15) is 5.26 Å². The maximum absolute atomic E-state index is 13.6. The van der Waals surface area contributed by atoms with Crippen LogP contribution in [-0.4, -0.2) is 45.8 Å². The van der Waals surface area contributed by atoms with Crippen molar-refractivity contribution in [2.75, 3.05) is 22.9 Å². The Morgan fingerprint density at radius 3 is 2.60 bits per heavy atom. The average molecular weight is 675 g/mol. The highest BCUT2D eigenvalue weighted by atomic mass is 32.2. The van der Waals surface area contributed by atoms with Gasteiger partial charge in [-0.3, -0.25) is 19.2 Å². The summed E-state index contributed by atoms with van der Waals surface area (Å²) in [4.78, 5) is 58.0. The first kappa shape index (κ1) is 32.3. The van der Waals surface area contributed by atoms with Gasteiger partial charge in [0.25, 0.3) is 11.8 Å². The molecule has 0 aliphatic carbocycles. The number of aromatic nitrogens is 1. The monoisotopic (exact) mass is 674 g/mol. The predicted octanol–water partition coefficient (Wildman–Crippen LogP) is 6.15. The van der Waals surface area contributed by atoms with Gasteiger partial charge in [-0.1, -0.05) is 42.5 Å². The number of nitrogens with one attached hydrogen (secondary N) is 4. The van der Waals surface area contributed by atoms with E-state index in [9.17, 15) is 24.4 Å². The number of amides is 4. The van der Waals surface area contributed by atoms with Crippen LogP contribution in [0, 0.1) is 11.3 Å². The van der Waals surface area contributed by atoms with Crippen molar-refractivity contribution in [1.29, 1.82) is 5.26 Å². The second kappa shape index (κ2) is 14.4. The molecule has 3 aromatic carbocycles. The molecule has 0 unspecified atom stereocenters. The van der Waals surface area contributed by atoms with Crippen LogP contribution in [0.5, 0.6) is 0 Å². The van der Waals surface area contributed by atoms with Gasteiger partial charge in [0.2, 0.25) is 11.8 Å². The lowest BCUT2D eigenvalue weighted by Gasteiger charge is -2.25. The van der Waals surface area contributed by atoms with Crippen molar-refractivity contribution in [3.8, 4) is 6.07 Å². The summed E-state index contributed by atoms with van der Waals surface area (Å²) >= 11 is 2.61. The summed E-state index contributed by atoms with van der Waals surface area (Å²) in [6.45, 7) is 2.50. The Hall–Kier alpha value is -5.64. The number of benzene rings is 3. The molecule has 1 aliphatic rings. The molecule has 6 rings (SSSR count). The third kappa shape index (κ3) is 7.33. The number of para-hydroxylation sites is 1. The quantitative estimate of drug-likeness (QED) is 0.109. The van der Waals surface area contributed by atoms with Crippen molar-refractivity contribution in [1.82, 2.24) is 15.2 Å². The number of carbonyl (C=O) groups is 4. The topological polar surface area (TPSA) is 147 Å². The first-order valence-electron chi connectivity index (χ1n) is 15.1. The first-order chi connectivity index (χ1) is 23.3. The molecule has 48 heavy (non-hydrogen) atoms. The van der Waals surface area contributed by atoms with Crippen LogP contribution < -0.4 is 16.0 Å². The summed E-state index contributed by atoms with van der Waals surface area (Å²) in [7, 11) is 0. The smallest absolute Gasteiger partial charge is 0.272 e.